The van der Waals surface area contributed by atoms with Crippen molar-refractivity contribution in [2.24, 2.45) is 5.73 Å². The summed E-state index contributed by atoms with van der Waals surface area (Å²) in [5.74, 6) is 0.167. The van der Waals surface area contributed by atoms with Gasteiger partial charge < -0.3 is 20.7 Å². The number of ether oxygens (including phenoxy) is 1. The molecule has 0 aliphatic carbocycles. The molecule has 0 saturated heterocycles. The standard InChI is InChI=1S/C15H23N3O3/c1-3-8-17-14(19)10-18(2)15(20)11-21-13-7-5-4-6-12(13)9-16/h4-7H,3,8-11,16H2,1-2H3,(H,17,19). The highest BCUT2D eigenvalue weighted by Gasteiger charge is 2.13. The molecular formula is C15H23N3O3. The summed E-state index contributed by atoms with van der Waals surface area (Å²) in [7, 11) is 1.58. The van der Waals surface area contributed by atoms with Crippen molar-refractivity contribution < 1.29 is 14.3 Å². The summed E-state index contributed by atoms with van der Waals surface area (Å²) in [5, 5.41) is 2.72. The Morgan fingerprint density at radius 1 is 1.33 bits per heavy atom. The van der Waals surface area contributed by atoms with E-state index >= 15 is 0 Å². The quantitative estimate of drug-likeness (QED) is 0.731. The van der Waals surface area contributed by atoms with E-state index in [-0.39, 0.29) is 25.0 Å². The van der Waals surface area contributed by atoms with E-state index in [4.69, 9.17) is 10.5 Å². The summed E-state index contributed by atoms with van der Waals surface area (Å²) < 4.78 is 5.47. The average molecular weight is 293 g/mol. The zero-order valence-electron chi connectivity index (χ0n) is 12.6. The van der Waals surface area contributed by atoms with Crippen LogP contribution in [-0.4, -0.2) is 43.5 Å². The third-order valence-electron chi connectivity index (χ3n) is 2.92. The van der Waals surface area contributed by atoms with Crippen LogP contribution in [0.15, 0.2) is 24.3 Å². The Morgan fingerprint density at radius 3 is 2.71 bits per heavy atom. The van der Waals surface area contributed by atoms with Gasteiger partial charge in [0.05, 0.1) is 6.54 Å². The highest BCUT2D eigenvalue weighted by molar-refractivity contribution is 5.85. The van der Waals surface area contributed by atoms with Gasteiger partial charge in [0.25, 0.3) is 5.91 Å². The summed E-state index contributed by atoms with van der Waals surface area (Å²) in [6.07, 6.45) is 0.863. The van der Waals surface area contributed by atoms with Crippen LogP contribution >= 0.6 is 0 Å². The van der Waals surface area contributed by atoms with Crippen molar-refractivity contribution in [3.8, 4) is 5.75 Å². The number of rotatable bonds is 8. The Balaban J connectivity index is 2.44. The smallest absolute Gasteiger partial charge is 0.260 e. The molecule has 1 aromatic carbocycles. The third kappa shape index (κ3) is 5.83. The zero-order valence-corrected chi connectivity index (χ0v) is 12.6. The van der Waals surface area contributed by atoms with Crippen molar-refractivity contribution in [3.63, 3.8) is 0 Å². The van der Waals surface area contributed by atoms with Gasteiger partial charge in [0, 0.05) is 25.7 Å². The number of carbonyl (C=O) groups is 2. The minimum atomic E-state index is -0.256. The van der Waals surface area contributed by atoms with Crippen LogP contribution in [0.1, 0.15) is 18.9 Å². The zero-order chi connectivity index (χ0) is 15.7. The van der Waals surface area contributed by atoms with Gasteiger partial charge in [-0.2, -0.15) is 0 Å². The molecule has 1 aromatic rings. The lowest BCUT2D eigenvalue weighted by molar-refractivity contribution is -0.136. The van der Waals surface area contributed by atoms with Crippen LogP contribution in [0.2, 0.25) is 0 Å². The number of nitrogens with two attached hydrogens (primary N) is 1. The first-order valence-electron chi connectivity index (χ1n) is 7.00. The van der Waals surface area contributed by atoms with E-state index in [0.29, 0.717) is 18.8 Å². The molecule has 21 heavy (non-hydrogen) atoms. The Labute approximate surface area is 125 Å². The second-order valence-electron chi connectivity index (χ2n) is 4.70. The molecule has 0 unspecified atom stereocenters. The van der Waals surface area contributed by atoms with Gasteiger partial charge in [0.15, 0.2) is 6.61 Å². The maximum atomic E-state index is 11.9. The van der Waals surface area contributed by atoms with Gasteiger partial charge in [-0.25, -0.2) is 0 Å². The van der Waals surface area contributed by atoms with E-state index in [1.807, 2.05) is 25.1 Å². The van der Waals surface area contributed by atoms with Gasteiger partial charge in [-0.15, -0.1) is 0 Å². The molecule has 2 amide bonds. The molecule has 116 valence electrons. The predicted octanol–water partition coefficient (Wildman–Crippen LogP) is 0.509. The lowest BCUT2D eigenvalue weighted by atomic mass is 10.2. The number of amides is 2. The largest absolute Gasteiger partial charge is 0.483 e. The summed E-state index contributed by atoms with van der Waals surface area (Å²) in [5.41, 5.74) is 6.44. The first kappa shape index (κ1) is 17.0. The second kappa shape index (κ2) is 8.97. The van der Waals surface area contributed by atoms with Crippen LogP contribution in [0.4, 0.5) is 0 Å². The topological polar surface area (TPSA) is 84.7 Å². The van der Waals surface area contributed by atoms with Crippen LogP contribution in [-0.2, 0) is 16.1 Å². The van der Waals surface area contributed by atoms with Gasteiger partial charge in [-0.1, -0.05) is 25.1 Å². The lowest BCUT2D eigenvalue weighted by Crippen LogP contribution is -2.40. The van der Waals surface area contributed by atoms with Crippen molar-refractivity contribution in [1.82, 2.24) is 10.2 Å². The van der Waals surface area contributed by atoms with Gasteiger partial charge in [0.1, 0.15) is 5.75 Å². The molecule has 0 aliphatic heterocycles. The third-order valence-corrected chi connectivity index (χ3v) is 2.92. The van der Waals surface area contributed by atoms with Crippen LogP contribution in [0.25, 0.3) is 0 Å². The van der Waals surface area contributed by atoms with Crippen molar-refractivity contribution in [2.75, 3.05) is 26.7 Å². The number of para-hydroxylation sites is 1. The second-order valence-corrected chi connectivity index (χ2v) is 4.70. The molecule has 0 aromatic heterocycles. The van der Waals surface area contributed by atoms with Gasteiger partial charge in [-0.05, 0) is 12.5 Å². The number of nitrogens with one attached hydrogen (secondary N) is 1. The summed E-state index contributed by atoms with van der Waals surface area (Å²) in [6.45, 7) is 2.84. The van der Waals surface area contributed by atoms with E-state index in [2.05, 4.69) is 5.32 Å². The van der Waals surface area contributed by atoms with Crippen molar-refractivity contribution in [2.45, 2.75) is 19.9 Å². The first-order valence-corrected chi connectivity index (χ1v) is 7.00. The number of carbonyl (C=O) groups excluding carboxylic acids is 2. The molecular weight excluding hydrogens is 270 g/mol. The fourth-order valence-electron chi connectivity index (χ4n) is 1.69. The van der Waals surface area contributed by atoms with E-state index in [1.165, 1.54) is 4.90 Å². The van der Waals surface area contributed by atoms with Crippen molar-refractivity contribution >= 4 is 11.8 Å². The maximum absolute atomic E-state index is 11.9. The van der Waals surface area contributed by atoms with Gasteiger partial charge >= 0.3 is 0 Å². The first-order chi connectivity index (χ1) is 10.1. The van der Waals surface area contributed by atoms with E-state index in [9.17, 15) is 9.59 Å². The molecule has 1 rings (SSSR count). The highest BCUT2D eigenvalue weighted by atomic mass is 16.5. The minimum Gasteiger partial charge on any atom is -0.483 e. The van der Waals surface area contributed by atoms with Crippen molar-refractivity contribution in [1.29, 1.82) is 0 Å². The molecule has 0 radical (unpaired) electrons. The molecule has 0 spiro atoms. The molecule has 0 heterocycles. The summed E-state index contributed by atoms with van der Waals surface area (Å²) in [6, 6.07) is 7.30. The maximum Gasteiger partial charge on any atom is 0.260 e. The molecule has 0 saturated carbocycles. The number of likely N-dealkylation sites (N-methyl/N-ethyl adjacent to an activating group) is 1. The number of hydrogen-bond donors (Lipinski definition) is 2. The molecule has 6 heteroatoms. The molecule has 0 atom stereocenters. The SMILES string of the molecule is CCCNC(=O)CN(C)C(=O)COc1ccccc1CN. The summed E-state index contributed by atoms with van der Waals surface area (Å²) in [4.78, 5) is 24.8. The minimum absolute atomic E-state index is 0.0285. The molecule has 0 fully saturated rings. The lowest BCUT2D eigenvalue weighted by Gasteiger charge is -2.17. The number of hydrogen-bond acceptors (Lipinski definition) is 4. The Morgan fingerprint density at radius 2 is 2.05 bits per heavy atom. The van der Waals surface area contributed by atoms with Crippen LogP contribution in [0.5, 0.6) is 5.75 Å². The fraction of sp³-hybridized carbons (Fsp3) is 0.467. The average Bonchev–Trinajstić information content (AvgIpc) is 2.50. The van der Waals surface area contributed by atoms with E-state index in [0.717, 1.165) is 12.0 Å². The normalized spacial score (nSPS) is 10.0. The van der Waals surface area contributed by atoms with E-state index in [1.54, 1.807) is 13.1 Å². The molecule has 0 aliphatic rings. The number of nitrogens with zero attached hydrogens (tertiary/aromatic N) is 1. The van der Waals surface area contributed by atoms with E-state index < -0.39 is 0 Å². The van der Waals surface area contributed by atoms with Crippen LogP contribution < -0.4 is 15.8 Å². The predicted molar refractivity (Wildman–Crippen MR) is 80.8 cm³/mol. The van der Waals surface area contributed by atoms with Crippen LogP contribution in [0, 0.1) is 0 Å². The Hall–Kier alpha value is -2.08. The van der Waals surface area contributed by atoms with Gasteiger partial charge in [-0.3, -0.25) is 9.59 Å². The molecule has 6 nitrogen and oxygen atoms in total. The molecule has 3 N–H and O–H groups in total. The Bertz CT molecular complexity index is 477. The molecule has 0 bridgehead atoms. The fourth-order valence-corrected chi connectivity index (χ4v) is 1.69. The monoisotopic (exact) mass is 293 g/mol. The van der Waals surface area contributed by atoms with Gasteiger partial charge in [0.2, 0.25) is 5.91 Å². The highest BCUT2D eigenvalue weighted by Crippen LogP contribution is 2.16. The summed E-state index contributed by atoms with van der Waals surface area (Å²) >= 11 is 0. The van der Waals surface area contributed by atoms with Crippen molar-refractivity contribution in [3.05, 3.63) is 29.8 Å². The van der Waals surface area contributed by atoms with Crippen LogP contribution in [0.3, 0.4) is 0 Å². The Kier molecular flexibility index (Phi) is 7.25. The number of benzene rings is 1.